The van der Waals surface area contributed by atoms with Crippen LogP contribution in [0.4, 0.5) is 5.69 Å². The van der Waals surface area contributed by atoms with Gasteiger partial charge in [0.1, 0.15) is 5.54 Å². The third kappa shape index (κ3) is 4.65. The van der Waals surface area contributed by atoms with Gasteiger partial charge >= 0.3 is 0 Å². The van der Waals surface area contributed by atoms with E-state index in [-0.39, 0.29) is 17.9 Å². The molecule has 1 amide bonds. The third-order valence-corrected chi connectivity index (χ3v) is 5.42. The first kappa shape index (κ1) is 19.6. The molecule has 6 heteroatoms. The van der Waals surface area contributed by atoms with Crippen LogP contribution in [0.3, 0.4) is 0 Å². The van der Waals surface area contributed by atoms with Crippen LogP contribution in [0.2, 0.25) is 5.02 Å². The highest BCUT2D eigenvalue weighted by molar-refractivity contribution is 6.30. The van der Waals surface area contributed by atoms with Crippen molar-refractivity contribution < 1.29 is 4.79 Å². The van der Waals surface area contributed by atoms with Gasteiger partial charge in [0.2, 0.25) is 5.91 Å². The molecule has 0 aliphatic carbocycles. The largest absolute Gasteiger partial charge is 0.369 e. The van der Waals surface area contributed by atoms with E-state index in [9.17, 15) is 10.1 Å². The fourth-order valence-corrected chi connectivity index (χ4v) is 3.05. The summed E-state index contributed by atoms with van der Waals surface area (Å²) in [4.78, 5) is 17.0. The Hall–Kier alpha value is -1.77. The molecule has 1 heterocycles. The molecule has 1 aromatic carbocycles. The molecule has 0 saturated carbocycles. The monoisotopic (exact) mass is 362 g/mol. The number of nitrogens with one attached hydrogen (secondary N) is 1. The summed E-state index contributed by atoms with van der Waals surface area (Å²) < 4.78 is 0. The summed E-state index contributed by atoms with van der Waals surface area (Å²) in [6.07, 6.45) is 0. The number of benzene rings is 1. The Kier molecular flexibility index (Phi) is 6.31. The number of nitrogens with zero attached hydrogens (tertiary/aromatic N) is 3. The second kappa shape index (κ2) is 8.07. The number of nitriles is 1. The maximum Gasteiger partial charge on any atom is 0.238 e. The SMILES string of the molecule is CC(C)[C@](C)(C#N)NC(=O)[C@@H](C)N1CCN(c2cccc(Cl)c2)CC1. The molecular formula is C19H27ClN4O. The molecule has 1 aliphatic rings. The van der Waals surface area contributed by atoms with Crippen LogP contribution >= 0.6 is 11.6 Å². The topological polar surface area (TPSA) is 59.4 Å². The van der Waals surface area contributed by atoms with Gasteiger partial charge in [-0.05, 0) is 38.0 Å². The zero-order valence-electron chi connectivity index (χ0n) is 15.4. The van der Waals surface area contributed by atoms with Crippen molar-refractivity contribution in [2.45, 2.75) is 39.3 Å². The Bertz CT molecular complexity index is 649. The Balaban J connectivity index is 1.93. The van der Waals surface area contributed by atoms with E-state index < -0.39 is 5.54 Å². The van der Waals surface area contributed by atoms with Crippen LogP contribution in [-0.2, 0) is 4.79 Å². The van der Waals surface area contributed by atoms with E-state index in [2.05, 4.69) is 27.3 Å². The molecule has 0 unspecified atom stereocenters. The molecule has 136 valence electrons. The van der Waals surface area contributed by atoms with Crippen molar-refractivity contribution in [3.63, 3.8) is 0 Å². The van der Waals surface area contributed by atoms with Gasteiger partial charge in [0, 0.05) is 36.9 Å². The van der Waals surface area contributed by atoms with Gasteiger partial charge in [-0.3, -0.25) is 9.69 Å². The van der Waals surface area contributed by atoms with Crippen LogP contribution in [0.15, 0.2) is 24.3 Å². The molecule has 1 N–H and O–H groups in total. The standard InChI is InChI=1S/C19H27ClN4O/c1-14(2)19(4,13-21)22-18(25)15(3)23-8-10-24(11-9-23)17-7-5-6-16(20)12-17/h5-7,12,14-15H,8-11H2,1-4H3,(H,22,25)/t15-,19+/m1/s1. The maximum atomic E-state index is 12.6. The minimum absolute atomic E-state index is 0.0494. The highest BCUT2D eigenvalue weighted by Gasteiger charge is 2.33. The number of rotatable bonds is 5. The molecule has 25 heavy (non-hydrogen) atoms. The van der Waals surface area contributed by atoms with Crippen molar-refractivity contribution in [2.75, 3.05) is 31.1 Å². The molecule has 0 aromatic heterocycles. The third-order valence-electron chi connectivity index (χ3n) is 5.18. The van der Waals surface area contributed by atoms with Crippen LogP contribution in [0.5, 0.6) is 0 Å². The lowest BCUT2D eigenvalue weighted by molar-refractivity contribution is -0.127. The van der Waals surface area contributed by atoms with Crippen molar-refractivity contribution in [3.8, 4) is 6.07 Å². The van der Waals surface area contributed by atoms with Gasteiger partial charge in [0.05, 0.1) is 12.1 Å². The number of halogens is 1. The predicted molar refractivity (Wildman–Crippen MR) is 102 cm³/mol. The lowest BCUT2D eigenvalue weighted by atomic mass is 9.89. The molecule has 1 saturated heterocycles. The van der Waals surface area contributed by atoms with Crippen LogP contribution in [0.1, 0.15) is 27.7 Å². The van der Waals surface area contributed by atoms with E-state index in [1.54, 1.807) is 6.92 Å². The number of hydrogen-bond acceptors (Lipinski definition) is 4. The lowest BCUT2D eigenvalue weighted by Crippen LogP contribution is -2.58. The predicted octanol–water partition coefficient (Wildman–Crippen LogP) is 2.90. The smallest absolute Gasteiger partial charge is 0.238 e. The van der Waals surface area contributed by atoms with Crippen LogP contribution in [-0.4, -0.2) is 48.6 Å². The van der Waals surface area contributed by atoms with E-state index in [0.717, 1.165) is 36.9 Å². The van der Waals surface area contributed by atoms with Crippen LogP contribution in [0.25, 0.3) is 0 Å². The van der Waals surface area contributed by atoms with Crippen molar-refractivity contribution in [2.24, 2.45) is 5.92 Å². The highest BCUT2D eigenvalue weighted by atomic mass is 35.5. The molecule has 1 fully saturated rings. The highest BCUT2D eigenvalue weighted by Crippen LogP contribution is 2.22. The fraction of sp³-hybridized carbons (Fsp3) is 0.579. The number of piperazine rings is 1. The maximum absolute atomic E-state index is 12.6. The van der Waals surface area contributed by atoms with Gasteiger partial charge in [-0.1, -0.05) is 31.5 Å². The van der Waals surface area contributed by atoms with Crippen molar-refractivity contribution >= 4 is 23.2 Å². The lowest BCUT2D eigenvalue weighted by Gasteiger charge is -2.39. The number of carbonyl (C=O) groups excluding carboxylic acids is 1. The number of hydrogen-bond donors (Lipinski definition) is 1. The van der Waals surface area contributed by atoms with E-state index >= 15 is 0 Å². The van der Waals surface area contributed by atoms with Gasteiger partial charge in [-0.15, -0.1) is 0 Å². The summed E-state index contributed by atoms with van der Waals surface area (Å²) in [5.74, 6) is -0.0396. The number of carbonyl (C=O) groups is 1. The molecule has 1 aromatic rings. The van der Waals surface area contributed by atoms with E-state index in [1.165, 1.54) is 0 Å². The zero-order valence-corrected chi connectivity index (χ0v) is 16.2. The first-order chi connectivity index (χ1) is 11.8. The first-order valence-corrected chi connectivity index (χ1v) is 9.12. The Labute approximate surface area is 155 Å². The van der Waals surface area contributed by atoms with Crippen molar-refractivity contribution in [1.82, 2.24) is 10.2 Å². The summed E-state index contributed by atoms with van der Waals surface area (Å²) >= 11 is 6.07. The van der Waals surface area contributed by atoms with Gasteiger partial charge < -0.3 is 10.2 Å². The Morgan fingerprint density at radius 3 is 2.44 bits per heavy atom. The Morgan fingerprint density at radius 2 is 1.92 bits per heavy atom. The van der Waals surface area contributed by atoms with Crippen LogP contribution in [0, 0.1) is 17.2 Å². The van der Waals surface area contributed by atoms with Gasteiger partial charge in [0.25, 0.3) is 0 Å². The first-order valence-electron chi connectivity index (χ1n) is 8.74. The summed E-state index contributed by atoms with van der Waals surface area (Å²) in [5, 5.41) is 13.0. The van der Waals surface area contributed by atoms with Crippen molar-refractivity contribution in [1.29, 1.82) is 5.26 Å². The van der Waals surface area contributed by atoms with Gasteiger partial charge in [-0.25, -0.2) is 0 Å². The van der Waals surface area contributed by atoms with Crippen molar-refractivity contribution in [3.05, 3.63) is 29.3 Å². The Morgan fingerprint density at radius 1 is 1.28 bits per heavy atom. The minimum atomic E-state index is -0.839. The van der Waals surface area contributed by atoms with E-state index in [0.29, 0.717) is 0 Å². The molecule has 0 spiro atoms. The summed E-state index contributed by atoms with van der Waals surface area (Å²) in [6.45, 7) is 10.9. The van der Waals surface area contributed by atoms with Crippen LogP contribution < -0.4 is 10.2 Å². The average molecular weight is 363 g/mol. The molecule has 1 aliphatic heterocycles. The van der Waals surface area contributed by atoms with Gasteiger partial charge in [0.15, 0.2) is 0 Å². The molecule has 2 atom stereocenters. The minimum Gasteiger partial charge on any atom is -0.369 e. The molecule has 0 radical (unpaired) electrons. The summed E-state index contributed by atoms with van der Waals surface area (Å²) in [6, 6.07) is 9.82. The average Bonchev–Trinajstić information content (AvgIpc) is 2.60. The van der Waals surface area contributed by atoms with E-state index in [1.807, 2.05) is 39.0 Å². The summed E-state index contributed by atoms with van der Waals surface area (Å²) in [5.41, 5.74) is 0.273. The fourth-order valence-electron chi connectivity index (χ4n) is 2.87. The summed E-state index contributed by atoms with van der Waals surface area (Å²) in [7, 11) is 0. The number of amides is 1. The number of anilines is 1. The zero-order chi connectivity index (χ0) is 18.6. The molecule has 5 nitrogen and oxygen atoms in total. The second-order valence-electron chi connectivity index (χ2n) is 7.14. The second-order valence-corrected chi connectivity index (χ2v) is 7.57. The molecular weight excluding hydrogens is 336 g/mol. The van der Waals surface area contributed by atoms with Gasteiger partial charge in [-0.2, -0.15) is 5.26 Å². The molecule has 0 bridgehead atoms. The molecule has 2 rings (SSSR count). The normalized spacial score (nSPS) is 19.2. The van der Waals surface area contributed by atoms with E-state index in [4.69, 9.17) is 11.6 Å². The quantitative estimate of drug-likeness (QED) is 0.874.